The standard InChI is InChI=1S/C9H18O/c1-3-5-6-9(4-2)7-8-10/h4,9-10H,2-3,5-8H2,1H3. The Morgan fingerprint density at radius 1 is 1.50 bits per heavy atom. The topological polar surface area (TPSA) is 20.2 Å². The number of hydrogen-bond acceptors (Lipinski definition) is 1. The molecule has 0 heterocycles. The Morgan fingerprint density at radius 2 is 2.20 bits per heavy atom. The molecule has 0 rings (SSSR count). The van der Waals surface area contributed by atoms with Crippen molar-refractivity contribution in [2.45, 2.75) is 32.6 Å². The fourth-order valence-corrected chi connectivity index (χ4v) is 1.01. The van der Waals surface area contributed by atoms with Gasteiger partial charge in [-0.05, 0) is 18.8 Å². The zero-order chi connectivity index (χ0) is 7.82. The Balaban J connectivity index is 3.29. The predicted octanol–water partition coefficient (Wildman–Crippen LogP) is 2.36. The van der Waals surface area contributed by atoms with Gasteiger partial charge in [-0.25, -0.2) is 0 Å². The zero-order valence-corrected chi connectivity index (χ0v) is 6.84. The van der Waals surface area contributed by atoms with E-state index in [0.29, 0.717) is 12.5 Å². The minimum Gasteiger partial charge on any atom is -0.396 e. The molecule has 1 atom stereocenters. The molecule has 0 spiro atoms. The number of aliphatic hydroxyl groups excluding tert-OH is 1. The highest BCUT2D eigenvalue weighted by atomic mass is 16.3. The van der Waals surface area contributed by atoms with Crippen LogP contribution in [-0.4, -0.2) is 11.7 Å². The summed E-state index contributed by atoms with van der Waals surface area (Å²) in [6.45, 7) is 6.19. The lowest BCUT2D eigenvalue weighted by molar-refractivity contribution is 0.265. The fraction of sp³-hybridized carbons (Fsp3) is 0.778. The lowest BCUT2D eigenvalue weighted by Crippen LogP contribution is -1.98. The van der Waals surface area contributed by atoms with Gasteiger partial charge in [0, 0.05) is 6.61 Å². The highest BCUT2D eigenvalue weighted by molar-refractivity contribution is 4.78. The quantitative estimate of drug-likeness (QED) is 0.564. The lowest BCUT2D eigenvalue weighted by atomic mass is 9.99. The van der Waals surface area contributed by atoms with Crippen molar-refractivity contribution in [3.05, 3.63) is 12.7 Å². The summed E-state index contributed by atoms with van der Waals surface area (Å²) < 4.78 is 0. The van der Waals surface area contributed by atoms with Crippen LogP contribution in [0.4, 0.5) is 0 Å². The highest BCUT2D eigenvalue weighted by Crippen LogP contribution is 2.12. The molecule has 10 heavy (non-hydrogen) atoms. The van der Waals surface area contributed by atoms with Gasteiger partial charge in [0.15, 0.2) is 0 Å². The van der Waals surface area contributed by atoms with Gasteiger partial charge in [0.1, 0.15) is 0 Å². The van der Waals surface area contributed by atoms with Crippen molar-refractivity contribution in [1.29, 1.82) is 0 Å². The van der Waals surface area contributed by atoms with E-state index in [2.05, 4.69) is 13.5 Å². The molecule has 0 aromatic heterocycles. The number of rotatable bonds is 6. The molecule has 1 nitrogen and oxygen atoms in total. The van der Waals surface area contributed by atoms with Crippen LogP contribution in [0.2, 0.25) is 0 Å². The van der Waals surface area contributed by atoms with Crippen LogP contribution in [0, 0.1) is 5.92 Å². The first-order valence-corrected chi connectivity index (χ1v) is 4.08. The molecule has 0 aromatic carbocycles. The highest BCUT2D eigenvalue weighted by Gasteiger charge is 2.00. The van der Waals surface area contributed by atoms with E-state index in [0.717, 1.165) is 6.42 Å². The van der Waals surface area contributed by atoms with E-state index in [1.54, 1.807) is 0 Å². The van der Waals surface area contributed by atoms with Crippen LogP contribution in [0.3, 0.4) is 0 Å². The van der Waals surface area contributed by atoms with Crippen molar-refractivity contribution in [3.8, 4) is 0 Å². The minimum atomic E-state index is 0.292. The van der Waals surface area contributed by atoms with Gasteiger partial charge in [-0.2, -0.15) is 0 Å². The Labute approximate surface area is 63.8 Å². The molecule has 0 radical (unpaired) electrons. The molecule has 0 amide bonds. The molecule has 1 heteroatoms. The molecular formula is C9H18O. The van der Waals surface area contributed by atoms with E-state index in [1.165, 1.54) is 19.3 Å². The van der Waals surface area contributed by atoms with Crippen molar-refractivity contribution < 1.29 is 5.11 Å². The fourth-order valence-electron chi connectivity index (χ4n) is 1.01. The van der Waals surface area contributed by atoms with E-state index in [9.17, 15) is 0 Å². The maximum Gasteiger partial charge on any atom is 0.0436 e. The molecular weight excluding hydrogens is 124 g/mol. The summed E-state index contributed by atoms with van der Waals surface area (Å²) in [4.78, 5) is 0. The van der Waals surface area contributed by atoms with Crippen molar-refractivity contribution in [2.24, 2.45) is 5.92 Å². The smallest absolute Gasteiger partial charge is 0.0436 e. The molecule has 0 aromatic rings. The van der Waals surface area contributed by atoms with E-state index in [1.807, 2.05) is 6.08 Å². The molecule has 0 aliphatic carbocycles. The van der Waals surface area contributed by atoms with Crippen molar-refractivity contribution in [3.63, 3.8) is 0 Å². The molecule has 0 aliphatic rings. The van der Waals surface area contributed by atoms with E-state index in [4.69, 9.17) is 5.11 Å². The summed E-state index contributed by atoms with van der Waals surface area (Å²) in [6, 6.07) is 0. The minimum absolute atomic E-state index is 0.292. The van der Waals surface area contributed by atoms with Gasteiger partial charge in [-0.3, -0.25) is 0 Å². The largest absolute Gasteiger partial charge is 0.396 e. The SMILES string of the molecule is C=CC(CCO)CCCC. The van der Waals surface area contributed by atoms with Crippen LogP contribution in [-0.2, 0) is 0 Å². The van der Waals surface area contributed by atoms with Gasteiger partial charge in [-0.1, -0.05) is 25.8 Å². The summed E-state index contributed by atoms with van der Waals surface area (Å²) in [5.41, 5.74) is 0. The Morgan fingerprint density at radius 3 is 2.60 bits per heavy atom. The van der Waals surface area contributed by atoms with Crippen LogP contribution in [0.1, 0.15) is 32.6 Å². The number of hydrogen-bond donors (Lipinski definition) is 1. The summed E-state index contributed by atoms with van der Waals surface area (Å²) in [6.07, 6.45) is 6.49. The van der Waals surface area contributed by atoms with Gasteiger partial charge in [0.05, 0.1) is 0 Å². The van der Waals surface area contributed by atoms with Crippen LogP contribution in [0.5, 0.6) is 0 Å². The van der Waals surface area contributed by atoms with E-state index < -0.39 is 0 Å². The second-order valence-electron chi connectivity index (χ2n) is 2.65. The maximum absolute atomic E-state index is 8.62. The monoisotopic (exact) mass is 142 g/mol. The summed E-state index contributed by atoms with van der Waals surface area (Å²) in [7, 11) is 0. The molecule has 0 aliphatic heterocycles. The third-order valence-corrected chi connectivity index (χ3v) is 1.76. The second-order valence-corrected chi connectivity index (χ2v) is 2.65. The number of allylic oxidation sites excluding steroid dienone is 1. The molecule has 0 fully saturated rings. The normalized spacial score (nSPS) is 13.0. The first-order valence-electron chi connectivity index (χ1n) is 4.08. The molecule has 1 unspecified atom stereocenters. The van der Waals surface area contributed by atoms with Crippen molar-refractivity contribution in [1.82, 2.24) is 0 Å². The molecule has 0 saturated heterocycles. The lowest BCUT2D eigenvalue weighted by Gasteiger charge is -2.08. The molecule has 1 N–H and O–H groups in total. The van der Waals surface area contributed by atoms with Crippen LogP contribution < -0.4 is 0 Å². The summed E-state index contributed by atoms with van der Waals surface area (Å²) in [5.74, 6) is 0.532. The number of aliphatic hydroxyl groups is 1. The summed E-state index contributed by atoms with van der Waals surface area (Å²) in [5, 5.41) is 8.62. The van der Waals surface area contributed by atoms with Crippen molar-refractivity contribution in [2.75, 3.05) is 6.61 Å². The van der Waals surface area contributed by atoms with Gasteiger partial charge in [0.25, 0.3) is 0 Å². The van der Waals surface area contributed by atoms with Gasteiger partial charge < -0.3 is 5.11 Å². The van der Waals surface area contributed by atoms with Gasteiger partial charge in [-0.15, -0.1) is 6.58 Å². The average Bonchev–Trinajstić information content (AvgIpc) is 1.98. The van der Waals surface area contributed by atoms with Gasteiger partial charge in [0.2, 0.25) is 0 Å². The third-order valence-electron chi connectivity index (χ3n) is 1.76. The Hall–Kier alpha value is -0.300. The summed E-state index contributed by atoms with van der Waals surface area (Å²) >= 11 is 0. The Bertz CT molecular complexity index is 78.8. The van der Waals surface area contributed by atoms with Gasteiger partial charge >= 0.3 is 0 Å². The van der Waals surface area contributed by atoms with E-state index in [-0.39, 0.29) is 0 Å². The van der Waals surface area contributed by atoms with Crippen LogP contribution >= 0.6 is 0 Å². The molecule has 0 saturated carbocycles. The first-order chi connectivity index (χ1) is 4.85. The van der Waals surface area contributed by atoms with Crippen molar-refractivity contribution >= 4 is 0 Å². The Kier molecular flexibility index (Phi) is 6.61. The zero-order valence-electron chi connectivity index (χ0n) is 6.84. The second kappa shape index (κ2) is 6.81. The van der Waals surface area contributed by atoms with Crippen LogP contribution in [0.15, 0.2) is 12.7 Å². The third kappa shape index (κ3) is 4.57. The molecule has 60 valence electrons. The molecule has 0 bridgehead atoms. The first kappa shape index (κ1) is 9.70. The maximum atomic E-state index is 8.62. The van der Waals surface area contributed by atoms with E-state index >= 15 is 0 Å². The average molecular weight is 142 g/mol. The number of unbranched alkanes of at least 4 members (excludes halogenated alkanes) is 1. The predicted molar refractivity (Wildman–Crippen MR) is 44.9 cm³/mol. The van der Waals surface area contributed by atoms with Crippen LogP contribution in [0.25, 0.3) is 0 Å².